The van der Waals surface area contributed by atoms with Crippen molar-refractivity contribution in [1.82, 2.24) is 9.71 Å². The van der Waals surface area contributed by atoms with Gasteiger partial charge in [-0.3, -0.25) is 9.59 Å². The number of pyridine rings is 1. The number of carbonyl (C=O) groups is 1. The molecule has 0 unspecified atom stereocenters. The molecule has 3 N–H and O–H groups in total. The van der Waals surface area contributed by atoms with Gasteiger partial charge in [0.2, 0.25) is 15.5 Å². The number of carboxylic acid groups (broad SMARTS) is 1. The second-order valence-electron chi connectivity index (χ2n) is 2.59. The summed E-state index contributed by atoms with van der Waals surface area (Å²) in [6.45, 7) is -0.767. The van der Waals surface area contributed by atoms with Gasteiger partial charge in [0.15, 0.2) is 0 Å². The molecule has 8 heteroatoms. The highest BCUT2D eigenvalue weighted by atomic mass is 32.2. The number of carboxylic acids is 1. The number of H-pyrrole nitrogens is 1. The van der Waals surface area contributed by atoms with Crippen molar-refractivity contribution in [3.05, 3.63) is 28.7 Å². The Labute approximate surface area is 84.8 Å². The lowest BCUT2D eigenvalue weighted by molar-refractivity contribution is -0.135. The highest BCUT2D eigenvalue weighted by molar-refractivity contribution is 7.89. The van der Waals surface area contributed by atoms with E-state index in [4.69, 9.17) is 5.11 Å². The van der Waals surface area contributed by atoms with Gasteiger partial charge in [0.1, 0.15) is 11.4 Å². The van der Waals surface area contributed by atoms with Crippen LogP contribution >= 0.6 is 0 Å². The van der Waals surface area contributed by atoms with Gasteiger partial charge in [-0.2, -0.15) is 4.72 Å². The molecule has 0 saturated carbocycles. The quantitative estimate of drug-likeness (QED) is 0.599. The molecule has 0 amide bonds. The zero-order chi connectivity index (χ0) is 11.5. The van der Waals surface area contributed by atoms with Crippen molar-refractivity contribution in [2.24, 2.45) is 0 Å². The highest BCUT2D eigenvalue weighted by Crippen LogP contribution is 1.98. The average Bonchev–Trinajstić information content (AvgIpc) is 2.15. The monoisotopic (exact) mass is 232 g/mol. The molecule has 0 aromatic carbocycles. The standard InChI is InChI=1S/C7H8N2O5S/c10-5-1-2-8-3-6(5)15(13,14)9-4-7(11)12/h1-3,9H,4H2,(H,8,10)(H,11,12). The van der Waals surface area contributed by atoms with Gasteiger partial charge in [-0.25, -0.2) is 8.42 Å². The second-order valence-corrected chi connectivity index (χ2v) is 4.33. The molecule has 7 nitrogen and oxygen atoms in total. The second kappa shape index (κ2) is 4.24. The largest absolute Gasteiger partial charge is 0.480 e. The fourth-order valence-electron chi connectivity index (χ4n) is 0.845. The number of aromatic nitrogens is 1. The number of hydrogen-bond donors (Lipinski definition) is 3. The van der Waals surface area contributed by atoms with Crippen LogP contribution in [-0.2, 0) is 14.8 Å². The Morgan fingerprint density at radius 3 is 2.73 bits per heavy atom. The van der Waals surface area contributed by atoms with E-state index in [9.17, 15) is 18.0 Å². The summed E-state index contributed by atoms with van der Waals surface area (Å²) in [7, 11) is -4.06. The lowest BCUT2D eigenvalue weighted by Gasteiger charge is -2.02. The summed E-state index contributed by atoms with van der Waals surface area (Å²) in [5.74, 6) is -1.33. The number of nitrogens with one attached hydrogen (secondary N) is 2. The first kappa shape index (κ1) is 11.4. The van der Waals surface area contributed by atoms with Crippen LogP contribution in [0.15, 0.2) is 28.2 Å². The van der Waals surface area contributed by atoms with Crippen LogP contribution in [0.1, 0.15) is 0 Å². The van der Waals surface area contributed by atoms with Gasteiger partial charge in [0.05, 0.1) is 0 Å². The van der Waals surface area contributed by atoms with Crippen LogP contribution in [0.3, 0.4) is 0 Å². The van der Waals surface area contributed by atoms with E-state index < -0.39 is 32.9 Å². The first-order chi connectivity index (χ1) is 6.93. The minimum absolute atomic E-state index is 0.508. The van der Waals surface area contributed by atoms with Crippen molar-refractivity contribution >= 4 is 16.0 Å². The van der Waals surface area contributed by atoms with Crippen LogP contribution in [0.2, 0.25) is 0 Å². The van der Waals surface area contributed by atoms with Gasteiger partial charge in [-0.1, -0.05) is 0 Å². The fraction of sp³-hybridized carbons (Fsp3) is 0.143. The summed E-state index contributed by atoms with van der Waals surface area (Å²) >= 11 is 0. The van der Waals surface area contributed by atoms with Crippen molar-refractivity contribution < 1.29 is 18.3 Å². The van der Waals surface area contributed by atoms with Crippen LogP contribution < -0.4 is 10.2 Å². The molecule has 0 aliphatic carbocycles. The van der Waals surface area contributed by atoms with E-state index in [-0.39, 0.29) is 0 Å². The number of aliphatic carboxylic acids is 1. The third kappa shape index (κ3) is 2.89. The third-order valence-electron chi connectivity index (χ3n) is 1.49. The Bertz CT molecular complexity index is 518. The lowest BCUT2D eigenvalue weighted by Crippen LogP contribution is -2.32. The van der Waals surface area contributed by atoms with Crippen molar-refractivity contribution in [3.8, 4) is 0 Å². The zero-order valence-corrected chi connectivity index (χ0v) is 8.24. The van der Waals surface area contributed by atoms with E-state index >= 15 is 0 Å². The molecular formula is C7H8N2O5S. The molecule has 0 fully saturated rings. The van der Waals surface area contributed by atoms with Gasteiger partial charge in [-0.05, 0) is 0 Å². The SMILES string of the molecule is O=C(O)CNS(=O)(=O)c1c[nH]ccc1=O. The van der Waals surface area contributed by atoms with E-state index in [1.54, 1.807) is 4.72 Å². The van der Waals surface area contributed by atoms with Crippen molar-refractivity contribution in [2.75, 3.05) is 6.54 Å². The van der Waals surface area contributed by atoms with Crippen molar-refractivity contribution in [2.45, 2.75) is 4.90 Å². The van der Waals surface area contributed by atoms with E-state index in [0.29, 0.717) is 0 Å². The molecule has 0 saturated heterocycles. The third-order valence-corrected chi connectivity index (χ3v) is 2.91. The van der Waals surface area contributed by atoms with E-state index in [0.717, 1.165) is 12.3 Å². The Balaban J connectivity index is 3.02. The molecule has 1 aromatic rings. The number of hydrogen-bond acceptors (Lipinski definition) is 4. The molecule has 0 aliphatic heterocycles. The van der Waals surface area contributed by atoms with Crippen molar-refractivity contribution in [1.29, 1.82) is 0 Å². The Hall–Kier alpha value is -1.67. The maximum absolute atomic E-state index is 11.4. The topological polar surface area (TPSA) is 116 Å². The molecular weight excluding hydrogens is 224 g/mol. The van der Waals surface area contributed by atoms with Crippen LogP contribution in [0, 0.1) is 0 Å². The minimum atomic E-state index is -4.06. The van der Waals surface area contributed by atoms with Crippen LogP contribution in [-0.4, -0.2) is 31.0 Å². The lowest BCUT2D eigenvalue weighted by atomic mass is 10.5. The highest BCUT2D eigenvalue weighted by Gasteiger charge is 2.17. The summed E-state index contributed by atoms with van der Waals surface area (Å²) in [6, 6.07) is 1.04. The van der Waals surface area contributed by atoms with Crippen LogP contribution in [0.4, 0.5) is 0 Å². The maximum Gasteiger partial charge on any atom is 0.318 e. The minimum Gasteiger partial charge on any atom is -0.480 e. The molecule has 0 radical (unpaired) electrons. The molecule has 0 bridgehead atoms. The van der Waals surface area contributed by atoms with Gasteiger partial charge >= 0.3 is 5.97 Å². The van der Waals surface area contributed by atoms with Gasteiger partial charge < -0.3 is 10.1 Å². The molecule has 15 heavy (non-hydrogen) atoms. The Morgan fingerprint density at radius 2 is 2.20 bits per heavy atom. The Morgan fingerprint density at radius 1 is 1.53 bits per heavy atom. The molecule has 1 heterocycles. The fourth-order valence-corrected chi connectivity index (χ4v) is 1.87. The summed E-state index contributed by atoms with van der Waals surface area (Å²) in [5.41, 5.74) is -0.702. The molecule has 1 aromatic heterocycles. The van der Waals surface area contributed by atoms with E-state index in [2.05, 4.69) is 4.98 Å². The normalized spacial score (nSPS) is 11.2. The molecule has 0 spiro atoms. The van der Waals surface area contributed by atoms with Gasteiger partial charge in [0.25, 0.3) is 0 Å². The van der Waals surface area contributed by atoms with Crippen LogP contribution in [0.25, 0.3) is 0 Å². The maximum atomic E-state index is 11.4. The van der Waals surface area contributed by atoms with Crippen molar-refractivity contribution in [3.63, 3.8) is 0 Å². The summed E-state index contributed by atoms with van der Waals surface area (Å²) in [4.78, 5) is 23.2. The summed E-state index contributed by atoms with van der Waals surface area (Å²) in [6.07, 6.45) is 2.27. The number of rotatable bonds is 4. The molecule has 0 aliphatic rings. The zero-order valence-electron chi connectivity index (χ0n) is 7.43. The van der Waals surface area contributed by atoms with Gasteiger partial charge in [-0.15, -0.1) is 0 Å². The number of aromatic amines is 1. The molecule has 0 atom stereocenters. The van der Waals surface area contributed by atoms with E-state index in [1.807, 2.05) is 0 Å². The smallest absolute Gasteiger partial charge is 0.318 e. The van der Waals surface area contributed by atoms with Gasteiger partial charge in [0, 0.05) is 18.5 Å². The summed E-state index contributed by atoms with van der Waals surface area (Å²) < 4.78 is 24.5. The average molecular weight is 232 g/mol. The predicted molar refractivity (Wildman–Crippen MR) is 49.9 cm³/mol. The Kier molecular flexibility index (Phi) is 3.22. The van der Waals surface area contributed by atoms with Crippen LogP contribution in [0.5, 0.6) is 0 Å². The first-order valence-corrected chi connectivity index (χ1v) is 5.30. The summed E-state index contributed by atoms with van der Waals surface area (Å²) in [5, 5.41) is 8.28. The first-order valence-electron chi connectivity index (χ1n) is 3.82. The van der Waals surface area contributed by atoms with E-state index in [1.165, 1.54) is 6.20 Å². The molecule has 82 valence electrons. The molecule has 1 rings (SSSR count). The number of sulfonamides is 1. The predicted octanol–water partition coefficient (Wildman–Crippen LogP) is -1.26.